The molecule has 31 heavy (non-hydrogen) atoms. The number of benzene rings is 2. The molecule has 0 aliphatic heterocycles. The maximum absolute atomic E-state index is 12.7. The van der Waals surface area contributed by atoms with Crippen LogP contribution in [0.3, 0.4) is 0 Å². The Hall–Kier alpha value is -2.38. The van der Waals surface area contributed by atoms with Gasteiger partial charge >= 0.3 is 0 Å². The fourth-order valence-corrected chi connectivity index (χ4v) is 6.80. The Balaban J connectivity index is 1.30. The van der Waals surface area contributed by atoms with Gasteiger partial charge in [0, 0.05) is 22.0 Å². The highest BCUT2D eigenvalue weighted by atomic mass is 35.5. The minimum Gasteiger partial charge on any atom is -0.280 e. The van der Waals surface area contributed by atoms with Gasteiger partial charge in [-0.15, -0.1) is 0 Å². The highest BCUT2D eigenvalue weighted by Gasteiger charge is 2.46. The van der Waals surface area contributed by atoms with Crippen LogP contribution < -0.4 is 10.1 Å². The molecule has 6 nitrogen and oxygen atoms in total. The molecule has 0 aromatic heterocycles. The Morgan fingerprint density at radius 2 is 1.58 bits per heavy atom. The van der Waals surface area contributed by atoms with Crippen molar-refractivity contribution in [1.82, 2.24) is 5.43 Å². The zero-order chi connectivity index (χ0) is 21.6. The third-order valence-corrected chi connectivity index (χ3v) is 8.40. The molecule has 0 heterocycles. The lowest BCUT2D eigenvalue weighted by molar-refractivity contribution is 0.0942. The van der Waals surface area contributed by atoms with Crippen molar-refractivity contribution in [1.29, 1.82) is 0 Å². The van der Waals surface area contributed by atoms with Crippen LogP contribution in [0.1, 0.15) is 42.5 Å². The van der Waals surface area contributed by atoms with E-state index in [1.54, 1.807) is 36.4 Å². The van der Waals surface area contributed by atoms with Gasteiger partial charge in [-0.1, -0.05) is 17.7 Å². The minimum atomic E-state index is -3.84. The first-order valence-corrected chi connectivity index (χ1v) is 12.5. The SMILES string of the molecule is O=C(NN=C1C2CC3CC(C2)CC1C3)c1cccc(S(=O)(=O)Nc2ccc(Cl)cc2)c1. The van der Waals surface area contributed by atoms with Crippen LogP contribution in [0.5, 0.6) is 0 Å². The molecule has 4 aliphatic carbocycles. The summed E-state index contributed by atoms with van der Waals surface area (Å²) in [6.45, 7) is 0. The first kappa shape index (κ1) is 20.5. The molecule has 8 heteroatoms. The molecular weight excluding hydrogens is 434 g/mol. The van der Waals surface area contributed by atoms with Crippen molar-refractivity contribution < 1.29 is 13.2 Å². The smallest absolute Gasteiger partial charge is 0.271 e. The molecule has 0 spiro atoms. The second-order valence-corrected chi connectivity index (χ2v) is 11.0. The summed E-state index contributed by atoms with van der Waals surface area (Å²) in [5.74, 6) is 2.24. The van der Waals surface area contributed by atoms with Crippen molar-refractivity contribution in [3.05, 3.63) is 59.1 Å². The van der Waals surface area contributed by atoms with E-state index in [-0.39, 0.29) is 10.5 Å². The third kappa shape index (κ3) is 4.21. The number of anilines is 1. The van der Waals surface area contributed by atoms with E-state index in [0.29, 0.717) is 22.5 Å². The van der Waals surface area contributed by atoms with Crippen molar-refractivity contribution in [2.75, 3.05) is 4.72 Å². The molecule has 1 amide bonds. The highest BCUT2D eigenvalue weighted by molar-refractivity contribution is 7.92. The van der Waals surface area contributed by atoms with Crippen LogP contribution in [0.2, 0.25) is 5.02 Å². The molecule has 0 unspecified atom stereocenters. The van der Waals surface area contributed by atoms with Crippen LogP contribution in [-0.2, 0) is 10.0 Å². The minimum absolute atomic E-state index is 0.0115. The van der Waals surface area contributed by atoms with Crippen LogP contribution in [0, 0.1) is 23.7 Å². The lowest BCUT2D eigenvalue weighted by Crippen LogP contribution is -2.46. The topological polar surface area (TPSA) is 87.6 Å². The predicted octanol–water partition coefficient (Wildman–Crippen LogP) is 4.68. The molecular formula is C23H24ClN3O3S. The summed E-state index contributed by atoms with van der Waals surface area (Å²) >= 11 is 5.85. The Bertz CT molecular complexity index is 1110. The maximum Gasteiger partial charge on any atom is 0.271 e. The normalized spacial score (nSPS) is 26.5. The number of hydrogen-bond acceptors (Lipinski definition) is 4. The average Bonchev–Trinajstić information content (AvgIpc) is 2.74. The van der Waals surface area contributed by atoms with Crippen molar-refractivity contribution in [3.8, 4) is 0 Å². The largest absolute Gasteiger partial charge is 0.280 e. The number of sulfonamides is 1. The van der Waals surface area contributed by atoms with Gasteiger partial charge in [0.05, 0.1) is 4.90 Å². The fraction of sp³-hybridized carbons (Fsp3) is 0.391. The van der Waals surface area contributed by atoms with Gasteiger partial charge < -0.3 is 0 Å². The zero-order valence-corrected chi connectivity index (χ0v) is 18.5. The Kier molecular flexibility index (Phi) is 5.26. The summed E-state index contributed by atoms with van der Waals surface area (Å²) in [6, 6.07) is 12.3. The Morgan fingerprint density at radius 3 is 2.23 bits per heavy atom. The van der Waals surface area contributed by atoms with Crippen LogP contribution in [0.15, 0.2) is 58.5 Å². The summed E-state index contributed by atoms with van der Waals surface area (Å²) in [7, 11) is -3.84. The molecule has 0 atom stereocenters. The molecule has 0 saturated heterocycles. The number of hydrazone groups is 1. The number of carbonyl (C=O) groups excluding carboxylic acids is 1. The predicted molar refractivity (Wildman–Crippen MR) is 121 cm³/mol. The number of halogens is 1. The zero-order valence-electron chi connectivity index (χ0n) is 16.9. The van der Waals surface area contributed by atoms with E-state index in [4.69, 9.17) is 11.6 Å². The first-order chi connectivity index (χ1) is 14.9. The Labute approximate surface area is 187 Å². The van der Waals surface area contributed by atoms with Gasteiger partial charge in [-0.3, -0.25) is 9.52 Å². The number of nitrogens with one attached hydrogen (secondary N) is 2. The van der Waals surface area contributed by atoms with Gasteiger partial charge in [-0.25, -0.2) is 13.8 Å². The lowest BCUT2D eigenvalue weighted by atomic mass is 9.55. The third-order valence-electron chi connectivity index (χ3n) is 6.76. The molecule has 4 saturated carbocycles. The van der Waals surface area contributed by atoms with E-state index in [2.05, 4.69) is 15.2 Å². The summed E-state index contributed by atoms with van der Waals surface area (Å²) < 4.78 is 28.0. The number of hydrogen-bond donors (Lipinski definition) is 2. The van der Waals surface area contributed by atoms with Crippen LogP contribution in [0.4, 0.5) is 5.69 Å². The van der Waals surface area contributed by atoms with E-state index in [1.807, 2.05) is 0 Å². The van der Waals surface area contributed by atoms with Gasteiger partial charge in [0.2, 0.25) is 0 Å². The van der Waals surface area contributed by atoms with Crippen molar-refractivity contribution in [3.63, 3.8) is 0 Å². The lowest BCUT2D eigenvalue weighted by Gasteiger charge is -2.50. The standard InChI is InChI=1S/C23H24ClN3O3S/c24-19-4-6-20(7-5-19)27-31(29,30)21-3-1-2-16(13-21)23(28)26-25-22-17-9-14-8-15(11-17)12-18(22)10-14/h1-7,13-15,17-18,27H,8-12H2,(H,26,28). The number of amides is 1. The van der Waals surface area contributed by atoms with Crippen LogP contribution >= 0.6 is 11.6 Å². The van der Waals surface area contributed by atoms with E-state index in [1.165, 1.54) is 44.2 Å². The summed E-state index contributed by atoms with van der Waals surface area (Å²) in [6.07, 6.45) is 6.10. The van der Waals surface area contributed by atoms with Crippen molar-refractivity contribution in [2.45, 2.75) is 37.0 Å². The van der Waals surface area contributed by atoms with E-state index < -0.39 is 15.9 Å². The second-order valence-electron chi connectivity index (χ2n) is 8.92. The number of carbonyl (C=O) groups is 1. The van der Waals surface area contributed by atoms with Crippen LogP contribution in [-0.4, -0.2) is 20.0 Å². The van der Waals surface area contributed by atoms with Crippen LogP contribution in [0.25, 0.3) is 0 Å². The van der Waals surface area contributed by atoms with Gasteiger partial charge in [0.1, 0.15) is 0 Å². The molecule has 2 aromatic rings. The molecule has 6 rings (SSSR count). The monoisotopic (exact) mass is 457 g/mol. The van der Waals surface area contributed by atoms with E-state index in [9.17, 15) is 13.2 Å². The molecule has 4 fully saturated rings. The Morgan fingerprint density at radius 1 is 0.935 bits per heavy atom. The van der Waals surface area contributed by atoms with Crippen molar-refractivity contribution in [2.24, 2.45) is 28.8 Å². The maximum atomic E-state index is 12.7. The summed E-state index contributed by atoms with van der Waals surface area (Å²) in [5, 5.41) is 5.02. The fourth-order valence-electron chi connectivity index (χ4n) is 5.57. The summed E-state index contributed by atoms with van der Waals surface area (Å²) in [5.41, 5.74) is 4.47. The van der Waals surface area contributed by atoms with Gasteiger partial charge in [0.25, 0.3) is 15.9 Å². The average molecular weight is 458 g/mol. The van der Waals surface area contributed by atoms with Gasteiger partial charge in [-0.05, 0) is 98.2 Å². The summed E-state index contributed by atoms with van der Waals surface area (Å²) in [4.78, 5) is 12.7. The van der Waals surface area contributed by atoms with Gasteiger partial charge in [-0.2, -0.15) is 5.10 Å². The second kappa shape index (κ2) is 7.95. The molecule has 2 N–H and O–H groups in total. The molecule has 4 aliphatic rings. The molecule has 4 bridgehead atoms. The highest BCUT2D eigenvalue weighted by Crippen LogP contribution is 2.52. The molecule has 0 radical (unpaired) electrons. The number of nitrogens with zero attached hydrogens (tertiary/aromatic N) is 1. The quantitative estimate of drug-likeness (QED) is 0.639. The van der Waals surface area contributed by atoms with E-state index >= 15 is 0 Å². The first-order valence-electron chi connectivity index (χ1n) is 10.6. The molecule has 2 aromatic carbocycles. The number of rotatable bonds is 5. The molecule has 162 valence electrons. The van der Waals surface area contributed by atoms with E-state index in [0.717, 1.165) is 17.5 Å². The van der Waals surface area contributed by atoms with Gasteiger partial charge in [0.15, 0.2) is 0 Å². The van der Waals surface area contributed by atoms with Crippen molar-refractivity contribution >= 4 is 38.9 Å².